The van der Waals surface area contributed by atoms with E-state index in [-0.39, 0.29) is 12.3 Å². The molecule has 1 atom stereocenters. The van der Waals surface area contributed by atoms with Gasteiger partial charge in [0, 0.05) is 0 Å². The Balaban J connectivity index is 2.68. The highest BCUT2D eigenvalue weighted by molar-refractivity contribution is 6.42. The summed E-state index contributed by atoms with van der Waals surface area (Å²) in [5.74, 6) is -0.167. The van der Waals surface area contributed by atoms with Crippen LogP contribution in [0.2, 0.25) is 10.0 Å². The fourth-order valence-electron chi connectivity index (χ4n) is 1.34. The molecule has 3 nitrogen and oxygen atoms in total. The fourth-order valence-corrected chi connectivity index (χ4v) is 1.66. The van der Waals surface area contributed by atoms with Gasteiger partial charge in [-0.25, -0.2) is 0 Å². The zero-order valence-corrected chi connectivity index (χ0v) is 12.1. The normalized spacial score (nSPS) is 13.2. The van der Waals surface area contributed by atoms with Crippen molar-refractivity contribution >= 4 is 29.1 Å². The Bertz CT molecular complexity index is 445. The number of aliphatic hydroxyl groups is 1. The van der Waals surface area contributed by atoms with Crippen LogP contribution in [0.15, 0.2) is 18.2 Å². The van der Waals surface area contributed by atoms with Crippen molar-refractivity contribution in [1.29, 1.82) is 0 Å². The Hall–Kier alpha value is -0.770. The van der Waals surface area contributed by atoms with Gasteiger partial charge < -0.3 is 10.4 Å². The molecule has 1 amide bonds. The van der Waals surface area contributed by atoms with E-state index in [1.54, 1.807) is 39.0 Å². The number of nitrogens with one attached hydrogen (secondary N) is 1. The van der Waals surface area contributed by atoms with E-state index in [2.05, 4.69) is 5.32 Å². The lowest BCUT2D eigenvalue weighted by Crippen LogP contribution is -2.51. The fraction of sp³-hybridized carbons (Fsp3) is 0.462. The van der Waals surface area contributed by atoms with Crippen LogP contribution in [0, 0.1) is 0 Å². The highest BCUT2D eigenvalue weighted by atomic mass is 35.5. The Morgan fingerprint density at radius 1 is 1.39 bits per heavy atom. The quantitative estimate of drug-likeness (QED) is 0.896. The van der Waals surface area contributed by atoms with Gasteiger partial charge in [-0.15, -0.1) is 0 Å². The second-order valence-corrected chi connectivity index (χ2v) is 5.69. The second-order valence-electron chi connectivity index (χ2n) is 4.87. The van der Waals surface area contributed by atoms with Crippen molar-refractivity contribution in [1.82, 2.24) is 5.32 Å². The van der Waals surface area contributed by atoms with Crippen molar-refractivity contribution in [3.05, 3.63) is 33.8 Å². The smallest absolute Gasteiger partial charge is 0.224 e. The SMILES string of the molecule is CC(O)C(C)(C)NC(=O)Cc1ccc(Cl)c(Cl)c1. The molecule has 0 heterocycles. The molecule has 0 saturated carbocycles. The lowest BCUT2D eigenvalue weighted by Gasteiger charge is -2.29. The summed E-state index contributed by atoms with van der Waals surface area (Å²) in [5.41, 5.74) is 0.121. The van der Waals surface area contributed by atoms with Gasteiger partial charge in [-0.3, -0.25) is 4.79 Å². The van der Waals surface area contributed by atoms with Crippen LogP contribution in [0.25, 0.3) is 0 Å². The summed E-state index contributed by atoms with van der Waals surface area (Å²) in [5, 5.41) is 13.2. The molecule has 0 aliphatic carbocycles. The van der Waals surface area contributed by atoms with Crippen molar-refractivity contribution < 1.29 is 9.90 Å². The maximum absolute atomic E-state index is 11.8. The second kappa shape index (κ2) is 5.91. The van der Waals surface area contributed by atoms with E-state index in [1.807, 2.05) is 0 Å². The lowest BCUT2D eigenvalue weighted by atomic mass is 9.98. The molecule has 1 unspecified atom stereocenters. The standard InChI is InChI=1S/C13H17Cl2NO2/c1-8(17)13(2,3)16-12(18)7-9-4-5-10(14)11(15)6-9/h4-6,8,17H,7H2,1-3H3,(H,16,18). The van der Waals surface area contributed by atoms with Gasteiger partial charge in [-0.2, -0.15) is 0 Å². The zero-order valence-electron chi connectivity index (χ0n) is 10.6. The molecule has 0 aliphatic rings. The van der Waals surface area contributed by atoms with Crippen molar-refractivity contribution in [2.75, 3.05) is 0 Å². The molecule has 0 fully saturated rings. The lowest BCUT2D eigenvalue weighted by molar-refractivity contribution is -0.123. The highest BCUT2D eigenvalue weighted by Crippen LogP contribution is 2.22. The Morgan fingerprint density at radius 2 is 2.00 bits per heavy atom. The molecular formula is C13H17Cl2NO2. The summed E-state index contributed by atoms with van der Waals surface area (Å²) in [6.45, 7) is 5.17. The van der Waals surface area contributed by atoms with Crippen LogP contribution in [0.3, 0.4) is 0 Å². The number of rotatable bonds is 4. The molecule has 1 rings (SSSR count). The maximum Gasteiger partial charge on any atom is 0.224 e. The number of benzene rings is 1. The summed E-state index contributed by atoms with van der Waals surface area (Å²) < 4.78 is 0. The van der Waals surface area contributed by atoms with E-state index in [4.69, 9.17) is 23.2 Å². The molecule has 1 aromatic carbocycles. The molecule has 0 bridgehead atoms. The highest BCUT2D eigenvalue weighted by Gasteiger charge is 2.25. The number of aliphatic hydroxyl groups excluding tert-OH is 1. The van der Waals surface area contributed by atoms with Crippen LogP contribution in [-0.4, -0.2) is 22.7 Å². The number of amides is 1. The molecule has 5 heteroatoms. The van der Waals surface area contributed by atoms with Gasteiger partial charge in [-0.05, 0) is 38.5 Å². The van der Waals surface area contributed by atoms with E-state index >= 15 is 0 Å². The third-order valence-corrected chi connectivity index (χ3v) is 3.59. The van der Waals surface area contributed by atoms with Crippen LogP contribution in [0.5, 0.6) is 0 Å². The zero-order chi connectivity index (χ0) is 13.9. The average molecular weight is 290 g/mol. The van der Waals surface area contributed by atoms with Gasteiger partial charge >= 0.3 is 0 Å². The summed E-state index contributed by atoms with van der Waals surface area (Å²) in [4.78, 5) is 11.8. The van der Waals surface area contributed by atoms with E-state index in [1.165, 1.54) is 0 Å². The third-order valence-electron chi connectivity index (χ3n) is 2.85. The van der Waals surface area contributed by atoms with Crippen LogP contribution in [0.4, 0.5) is 0 Å². The first-order chi connectivity index (χ1) is 8.22. The first-order valence-electron chi connectivity index (χ1n) is 5.65. The molecule has 0 saturated heterocycles. The topological polar surface area (TPSA) is 49.3 Å². The maximum atomic E-state index is 11.8. The van der Waals surface area contributed by atoms with Gasteiger partial charge in [0.2, 0.25) is 5.91 Å². The summed E-state index contributed by atoms with van der Waals surface area (Å²) in [7, 11) is 0. The number of halogens is 2. The Kier molecular flexibility index (Phi) is 5.02. The van der Waals surface area contributed by atoms with E-state index in [0.29, 0.717) is 10.0 Å². The summed E-state index contributed by atoms with van der Waals surface area (Å²) in [6.07, 6.45) is -0.428. The average Bonchev–Trinajstić information content (AvgIpc) is 2.22. The molecule has 100 valence electrons. The summed E-state index contributed by atoms with van der Waals surface area (Å²) >= 11 is 11.7. The molecule has 0 aromatic heterocycles. The molecule has 0 spiro atoms. The predicted molar refractivity (Wildman–Crippen MR) is 74.1 cm³/mol. The molecule has 2 N–H and O–H groups in total. The minimum Gasteiger partial charge on any atom is -0.391 e. The summed E-state index contributed by atoms with van der Waals surface area (Å²) in [6, 6.07) is 5.08. The largest absolute Gasteiger partial charge is 0.391 e. The Labute approximate surface area is 117 Å². The van der Waals surface area contributed by atoms with Crippen LogP contribution < -0.4 is 5.32 Å². The minimum absolute atomic E-state index is 0.167. The molecule has 1 aromatic rings. The third kappa shape index (κ3) is 4.16. The molecule has 0 radical (unpaired) electrons. The number of carbonyl (C=O) groups excluding carboxylic acids is 1. The van der Waals surface area contributed by atoms with Crippen LogP contribution >= 0.6 is 23.2 Å². The van der Waals surface area contributed by atoms with E-state index in [0.717, 1.165) is 5.56 Å². The monoisotopic (exact) mass is 289 g/mol. The molecular weight excluding hydrogens is 273 g/mol. The van der Waals surface area contributed by atoms with Gasteiger partial charge in [0.15, 0.2) is 0 Å². The molecule has 18 heavy (non-hydrogen) atoms. The van der Waals surface area contributed by atoms with E-state index in [9.17, 15) is 9.90 Å². The number of hydrogen-bond donors (Lipinski definition) is 2. The van der Waals surface area contributed by atoms with Crippen LogP contribution in [0.1, 0.15) is 26.3 Å². The Morgan fingerprint density at radius 3 is 2.50 bits per heavy atom. The number of carbonyl (C=O) groups is 1. The van der Waals surface area contributed by atoms with Crippen molar-refractivity contribution in [3.63, 3.8) is 0 Å². The predicted octanol–water partition coefficient (Wildman–Crippen LogP) is 2.81. The van der Waals surface area contributed by atoms with Crippen molar-refractivity contribution in [3.8, 4) is 0 Å². The number of hydrogen-bond acceptors (Lipinski definition) is 2. The van der Waals surface area contributed by atoms with E-state index < -0.39 is 11.6 Å². The van der Waals surface area contributed by atoms with Gasteiger partial charge in [0.1, 0.15) is 0 Å². The van der Waals surface area contributed by atoms with Gasteiger partial charge in [0.05, 0.1) is 28.1 Å². The van der Waals surface area contributed by atoms with Gasteiger partial charge in [-0.1, -0.05) is 29.3 Å². The van der Waals surface area contributed by atoms with Crippen molar-refractivity contribution in [2.45, 2.75) is 38.8 Å². The van der Waals surface area contributed by atoms with Gasteiger partial charge in [0.25, 0.3) is 0 Å². The minimum atomic E-state index is -0.659. The molecule has 0 aliphatic heterocycles. The van der Waals surface area contributed by atoms with Crippen LogP contribution in [-0.2, 0) is 11.2 Å². The first kappa shape index (κ1) is 15.3. The van der Waals surface area contributed by atoms with Crippen molar-refractivity contribution in [2.24, 2.45) is 0 Å². The first-order valence-corrected chi connectivity index (χ1v) is 6.41.